The SMILES string of the molecule is C=C[C@H]1CC2=CC(=O)CC[C@@H]2C2CC[C@@]3(C)C(CC[C@@]34C=CC(=O)O4)C21. The number of ether oxygens (including phenoxy) is 1. The summed E-state index contributed by atoms with van der Waals surface area (Å²) in [7, 11) is 0. The molecule has 4 aliphatic carbocycles. The number of esters is 1. The van der Waals surface area contributed by atoms with E-state index in [1.54, 1.807) is 6.08 Å². The van der Waals surface area contributed by atoms with Crippen molar-refractivity contribution in [1.29, 1.82) is 0 Å². The van der Waals surface area contributed by atoms with Crippen molar-refractivity contribution in [3.8, 4) is 0 Å². The summed E-state index contributed by atoms with van der Waals surface area (Å²) in [6.45, 7) is 6.52. The molecule has 1 aliphatic heterocycles. The number of hydrogen-bond acceptors (Lipinski definition) is 3. The first-order valence-electron chi connectivity index (χ1n) is 10.3. The molecule has 3 saturated carbocycles. The fraction of sp³-hybridized carbons (Fsp3) is 0.652. The molecule has 1 spiro atoms. The van der Waals surface area contributed by atoms with Crippen LogP contribution in [-0.4, -0.2) is 17.4 Å². The van der Waals surface area contributed by atoms with Crippen molar-refractivity contribution in [3.63, 3.8) is 0 Å². The lowest BCUT2D eigenvalue weighted by Crippen LogP contribution is -2.54. The molecule has 3 nitrogen and oxygen atoms in total. The minimum atomic E-state index is -0.385. The van der Waals surface area contributed by atoms with Crippen LogP contribution in [-0.2, 0) is 14.3 Å². The summed E-state index contributed by atoms with van der Waals surface area (Å²) in [6, 6.07) is 0. The number of carbonyl (C=O) groups is 2. The highest BCUT2D eigenvalue weighted by Gasteiger charge is 2.65. The maximum Gasteiger partial charge on any atom is 0.331 e. The van der Waals surface area contributed by atoms with Crippen LogP contribution in [0.3, 0.4) is 0 Å². The second-order valence-corrected chi connectivity index (χ2v) is 9.42. The number of ketones is 1. The van der Waals surface area contributed by atoms with E-state index < -0.39 is 0 Å². The van der Waals surface area contributed by atoms with Crippen molar-refractivity contribution in [2.75, 3.05) is 0 Å². The van der Waals surface area contributed by atoms with Crippen molar-refractivity contribution in [3.05, 3.63) is 36.5 Å². The number of rotatable bonds is 1. The van der Waals surface area contributed by atoms with Gasteiger partial charge >= 0.3 is 5.97 Å². The lowest BCUT2D eigenvalue weighted by atomic mass is 9.48. The average molecular weight is 352 g/mol. The molecule has 3 fully saturated rings. The molecule has 0 aromatic carbocycles. The molecule has 26 heavy (non-hydrogen) atoms. The van der Waals surface area contributed by atoms with Gasteiger partial charge in [0.1, 0.15) is 5.60 Å². The summed E-state index contributed by atoms with van der Waals surface area (Å²) in [5.74, 6) is 2.98. The smallest absolute Gasteiger partial charge is 0.331 e. The summed E-state index contributed by atoms with van der Waals surface area (Å²) < 4.78 is 5.92. The zero-order chi connectivity index (χ0) is 18.1. The Labute approximate surface area is 155 Å². The Balaban J connectivity index is 1.53. The average Bonchev–Trinajstić information content (AvgIpc) is 3.14. The van der Waals surface area contributed by atoms with Crippen LogP contribution in [0.1, 0.15) is 51.9 Å². The van der Waals surface area contributed by atoms with Crippen molar-refractivity contribution in [1.82, 2.24) is 0 Å². The quantitative estimate of drug-likeness (QED) is 0.519. The van der Waals surface area contributed by atoms with E-state index in [1.165, 1.54) is 12.0 Å². The summed E-state index contributed by atoms with van der Waals surface area (Å²) in [5.41, 5.74) is 1.03. The minimum Gasteiger partial charge on any atom is -0.451 e. The topological polar surface area (TPSA) is 43.4 Å². The third-order valence-corrected chi connectivity index (χ3v) is 8.65. The first kappa shape index (κ1) is 16.5. The predicted octanol–water partition coefficient (Wildman–Crippen LogP) is 4.39. The molecule has 0 bridgehead atoms. The van der Waals surface area contributed by atoms with Crippen LogP contribution < -0.4 is 0 Å². The number of carbonyl (C=O) groups excluding carboxylic acids is 2. The molecule has 0 amide bonds. The molecule has 5 rings (SSSR count). The van der Waals surface area contributed by atoms with Gasteiger partial charge in [0.2, 0.25) is 0 Å². The summed E-state index contributed by atoms with van der Waals surface area (Å²) in [5, 5.41) is 0. The summed E-state index contributed by atoms with van der Waals surface area (Å²) >= 11 is 0. The van der Waals surface area contributed by atoms with Crippen LogP contribution in [0.5, 0.6) is 0 Å². The van der Waals surface area contributed by atoms with E-state index in [-0.39, 0.29) is 17.0 Å². The Morgan fingerprint density at radius 2 is 2.08 bits per heavy atom. The van der Waals surface area contributed by atoms with Gasteiger partial charge in [0, 0.05) is 17.9 Å². The van der Waals surface area contributed by atoms with Crippen LogP contribution in [0, 0.1) is 35.0 Å². The summed E-state index contributed by atoms with van der Waals surface area (Å²) in [6.07, 6.45) is 14.9. The number of allylic oxidation sites excluding steroid dienone is 2. The maximum absolute atomic E-state index is 11.9. The van der Waals surface area contributed by atoms with Crippen LogP contribution in [0.25, 0.3) is 0 Å². The van der Waals surface area contributed by atoms with Gasteiger partial charge in [0.25, 0.3) is 0 Å². The highest BCUT2D eigenvalue weighted by atomic mass is 16.6. The Morgan fingerprint density at radius 3 is 2.81 bits per heavy atom. The van der Waals surface area contributed by atoms with Gasteiger partial charge in [-0.3, -0.25) is 4.79 Å². The third kappa shape index (κ3) is 2.00. The third-order valence-electron chi connectivity index (χ3n) is 8.65. The number of hydrogen-bond donors (Lipinski definition) is 0. The first-order chi connectivity index (χ1) is 12.5. The molecule has 138 valence electrons. The second-order valence-electron chi connectivity index (χ2n) is 9.42. The number of fused-ring (bicyclic) bond motifs is 6. The van der Waals surface area contributed by atoms with Gasteiger partial charge in [-0.2, -0.15) is 0 Å². The molecule has 0 aromatic heterocycles. The second kappa shape index (κ2) is 5.43. The van der Waals surface area contributed by atoms with Crippen LogP contribution in [0.15, 0.2) is 36.5 Å². The lowest BCUT2D eigenvalue weighted by molar-refractivity contribution is -0.162. The van der Waals surface area contributed by atoms with Gasteiger partial charge in [0.15, 0.2) is 5.78 Å². The van der Waals surface area contributed by atoms with E-state index in [0.717, 1.165) is 32.1 Å². The lowest BCUT2D eigenvalue weighted by Gasteiger charge is -2.57. The van der Waals surface area contributed by atoms with Gasteiger partial charge in [-0.1, -0.05) is 18.6 Å². The standard InChI is InChI=1S/C23H28O3/c1-3-14-12-15-13-16(24)4-5-17(15)18-6-9-22(2)19(21(14)18)7-10-23(22)11-8-20(25)26-23/h3,8,11,13-14,17-19,21H,1,4-7,9-10,12H2,2H3/t14-,17-,18?,19?,21?,22-,23+/m0/s1. The van der Waals surface area contributed by atoms with Crippen LogP contribution >= 0.6 is 0 Å². The molecule has 0 radical (unpaired) electrons. The normalized spacial score (nSPS) is 49.3. The predicted molar refractivity (Wildman–Crippen MR) is 99.1 cm³/mol. The largest absolute Gasteiger partial charge is 0.451 e. The van der Waals surface area contributed by atoms with Gasteiger partial charge < -0.3 is 4.74 Å². The molecule has 0 N–H and O–H groups in total. The molecule has 1 heterocycles. The highest BCUT2D eigenvalue weighted by molar-refractivity contribution is 5.91. The molecule has 0 saturated heterocycles. The van der Waals surface area contributed by atoms with E-state index in [4.69, 9.17) is 4.74 Å². The highest BCUT2D eigenvalue weighted by Crippen LogP contribution is 2.67. The van der Waals surface area contributed by atoms with Gasteiger partial charge in [0.05, 0.1) is 0 Å². The minimum absolute atomic E-state index is 0.0315. The van der Waals surface area contributed by atoms with Crippen LogP contribution in [0.4, 0.5) is 0 Å². The van der Waals surface area contributed by atoms with Crippen molar-refractivity contribution >= 4 is 11.8 Å². The Hall–Kier alpha value is -1.64. The molecule has 7 atom stereocenters. The van der Waals surface area contributed by atoms with E-state index in [9.17, 15) is 9.59 Å². The summed E-state index contributed by atoms with van der Waals surface area (Å²) in [4.78, 5) is 23.8. The van der Waals surface area contributed by atoms with E-state index in [0.29, 0.717) is 41.8 Å². The zero-order valence-electron chi connectivity index (χ0n) is 15.6. The van der Waals surface area contributed by atoms with E-state index in [2.05, 4.69) is 25.7 Å². The maximum atomic E-state index is 11.9. The molecular weight excluding hydrogens is 324 g/mol. The molecule has 5 aliphatic rings. The van der Waals surface area contributed by atoms with E-state index in [1.807, 2.05) is 6.08 Å². The van der Waals surface area contributed by atoms with Crippen molar-refractivity contribution < 1.29 is 14.3 Å². The molecular formula is C23H28O3. The molecule has 3 heteroatoms. The molecule has 0 aromatic rings. The van der Waals surface area contributed by atoms with E-state index >= 15 is 0 Å². The monoisotopic (exact) mass is 352 g/mol. The van der Waals surface area contributed by atoms with Gasteiger partial charge in [-0.25, -0.2) is 4.79 Å². The molecule has 3 unspecified atom stereocenters. The Morgan fingerprint density at radius 1 is 1.23 bits per heavy atom. The van der Waals surface area contributed by atoms with Gasteiger partial charge in [-0.15, -0.1) is 6.58 Å². The Bertz CT molecular complexity index is 747. The fourth-order valence-electron chi connectivity index (χ4n) is 7.45. The fourth-order valence-corrected chi connectivity index (χ4v) is 7.45. The zero-order valence-corrected chi connectivity index (χ0v) is 15.6. The van der Waals surface area contributed by atoms with Crippen molar-refractivity contribution in [2.24, 2.45) is 35.0 Å². The van der Waals surface area contributed by atoms with Gasteiger partial charge in [-0.05, 0) is 80.3 Å². The Kier molecular flexibility index (Phi) is 3.45. The first-order valence-corrected chi connectivity index (χ1v) is 10.3. The van der Waals surface area contributed by atoms with Crippen molar-refractivity contribution in [2.45, 2.75) is 57.5 Å². The van der Waals surface area contributed by atoms with Crippen LogP contribution in [0.2, 0.25) is 0 Å².